The number of aromatic amines is 1. The lowest BCUT2D eigenvalue weighted by Crippen LogP contribution is -2.22. The lowest BCUT2D eigenvalue weighted by molar-refractivity contribution is -0.116. The molecule has 0 aliphatic rings. The summed E-state index contributed by atoms with van der Waals surface area (Å²) in [5.74, 6) is -0.196. The summed E-state index contributed by atoms with van der Waals surface area (Å²) in [4.78, 5) is 27.9. The Kier molecular flexibility index (Phi) is 5.90. The van der Waals surface area contributed by atoms with Gasteiger partial charge in [-0.3, -0.25) is 9.59 Å². The minimum atomic E-state index is -0.163. The van der Waals surface area contributed by atoms with E-state index in [-0.39, 0.29) is 11.8 Å². The first-order chi connectivity index (χ1) is 14.7. The first-order valence-electron chi connectivity index (χ1n) is 9.96. The van der Waals surface area contributed by atoms with Crippen LogP contribution in [0.4, 0.5) is 5.69 Å². The van der Waals surface area contributed by atoms with Crippen LogP contribution in [0.25, 0.3) is 10.9 Å². The Morgan fingerprint density at radius 2 is 1.50 bits per heavy atom. The summed E-state index contributed by atoms with van der Waals surface area (Å²) in [5, 5.41) is 6.73. The molecule has 30 heavy (non-hydrogen) atoms. The SMILES string of the molecule is O=C(CCc1ccccc1)Nc1ccc2[nH]c(C(=O)NCc3ccccc3)cc2c1. The molecule has 1 heterocycles. The molecule has 0 saturated carbocycles. The van der Waals surface area contributed by atoms with Gasteiger partial charge in [0, 0.05) is 29.6 Å². The number of nitrogens with one attached hydrogen (secondary N) is 3. The molecule has 1 aromatic heterocycles. The molecule has 4 aromatic rings. The molecule has 3 aromatic carbocycles. The maximum absolute atomic E-state index is 12.5. The number of benzene rings is 3. The molecule has 0 aliphatic heterocycles. The van der Waals surface area contributed by atoms with Crippen LogP contribution in [0.15, 0.2) is 84.9 Å². The number of aryl methyl sites for hydroxylation is 1. The number of amides is 2. The second-order valence-electron chi connectivity index (χ2n) is 7.19. The molecule has 0 atom stereocenters. The van der Waals surface area contributed by atoms with Crippen molar-refractivity contribution in [1.82, 2.24) is 10.3 Å². The molecule has 0 bridgehead atoms. The Bertz CT molecular complexity index is 1150. The zero-order valence-corrected chi connectivity index (χ0v) is 16.5. The zero-order valence-electron chi connectivity index (χ0n) is 16.5. The molecular formula is C25H23N3O2. The van der Waals surface area contributed by atoms with E-state index in [1.807, 2.05) is 78.9 Å². The number of carbonyl (C=O) groups excluding carboxylic acids is 2. The largest absolute Gasteiger partial charge is 0.351 e. The van der Waals surface area contributed by atoms with Crippen molar-refractivity contribution in [3.05, 3.63) is 102 Å². The number of fused-ring (bicyclic) bond motifs is 1. The Balaban J connectivity index is 1.37. The fourth-order valence-electron chi connectivity index (χ4n) is 3.33. The van der Waals surface area contributed by atoms with Crippen LogP contribution in [0, 0.1) is 0 Å². The van der Waals surface area contributed by atoms with Gasteiger partial charge < -0.3 is 15.6 Å². The second kappa shape index (κ2) is 9.09. The third-order valence-corrected chi connectivity index (χ3v) is 4.93. The topological polar surface area (TPSA) is 74.0 Å². The summed E-state index contributed by atoms with van der Waals surface area (Å²) in [6.07, 6.45) is 1.12. The molecule has 0 radical (unpaired) electrons. The fraction of sp³-hybridized carbons (Fsp3) is 0.120. The van der Waals surface area contributed by atoms with E-state index in [0.717, 1.165) is 27.7 Å². The molecule has 4 rings (SSSR count). The second-order valence-corrected chi connectivity index (χ2v) is 7.19. The Morgan fingerprint density at radius 3 is 2.23 bits per heavy atom. The van der Waals surface area contributed by atoms with Gasteiger partial charge in [-0.05, 0) is 41.8 Å². The van der Waals surface area contributed by atoms with Crippen molar-refractivity contribution in [1.29, 1.82) is 0 Å². The van der Waals surface area contributed by atoms with E-state index in [2.05, 4.69) is 15.6 Å². The Hall–Kier alpha value is -3.86. The number of rotatable bonds is 7. The van der Waals surface area contributed by atoms with Crippen molar-refractivity contribution in [3.63, 3.8) is 0 Å². The quantitative estimate of drug-likeness (QED) is 0.424. The number of carbonyl (C=O) groups is 2. The van der Waals surface area contributed by atoms with Crippen LogP contribution in [-0.2, 0) is 17.8 Å². The standard InChI is InChI=1S/C25H23N3O2/c29-24(14-11-18-7-3-1-4-8-18)27-21-12-13-22-20(15-21)16-23(28-22)25(30)26-17-19-9-5-2-6-10-19/h1-10,12-13,15-16,28H,11,14,17H2,(H,26,30)(H,27,29). The van der Waals surface area contributed by atoms with Gasteiger partial charge >= 0.3 is 0 Å². The first kappa shape index (κ1) is 19.5. The highest BCUT2D eigenvalue weighted by Gasteiger charge is 2.10. The van der Waals surface area contributed by atoms with E-state index in [1.165, 1.54) is 0 Å². The lowest BCUT2D eigenvalue weighted by atomic mass is 10.1. The number of H-pyrrole nitrogens is 1. The minimum Gasteiger partial charge on any atom is -0.351 e. The molecular weight excluding hydrogens is 374 g/mol. The van der Waals surface area contributed by atoms with Crippen LogP contribution >= 0.6 is 0 Å². The summed E-state index contributed by atoms with van der Waals surface area (Å²) in [5.41, 5.74) is 4.24. The molecule has 5 nitrogen and oxygen atoms in total. The van der Waals surface area contributed by atoms with Gasteiger partial charge in [0.15, 0.2) is 0 Å². The normalized spacial score (nSPS) is 10.7. The number of hydrogen-bond donors (Lipinski definition) is 3. The van der Waals surface area contributed by atoms with Crippen LogP contribution in [0.3, 0.4) is 0 Å². The molecule has 3 N–H and O–H groups in total. The lowest BCUT2D eigenvalue weighted by Gasteiger charge is -2.05. The van der Waals surface area contributed by atoms with E-state index in [4.69, 9.17) is 0 Å². The van der Waals surface area contributed by atoms with Crippen LogP contribution in [0.2, 0.25) is 0 Å². The van der Waals surface area contributed by atoms with Crippen molar-refractivity contribution in [3.8, 4) is 0 Å². The van der Waals surface area contributed by atoms with E-state index in [1.54, 1.807) is 6.07 Å². The maximum Gasteiger partial charge on any atom is 0.267 e. The molecule has 2 amide bonds. The van der Waals surface area contributed by atoms with Gasteiger partial charge in [-0.25, -0.2) is 0 Å². The average molecular weight is 397 g/mol. The maximum atomic E-state index is 12.5. The highest BCUT2D eigenvalue weighted by molar-refractivity contribution is 5.99. The minimum absolute atomic E-state index is 0.0328. The smallest absolute Gasteiger partial charge is 0.267 e. The highest BCUT2D eigenvalue weighted by Crippen LogP contribution is 2.20. The third kappa shape index (κ3) is 4.94. The van der Waals surface area contributed by atoms with E-state index >= 15 is 0 Å². The Labute approximate surface area is 175 Å². The molecule has 0 fully saturated rings. The van der Waals surface area contributed by atoms with E-state index in [9.17, 15) is 9.59 Å². The molecule has 0 saturated heterocycles. The summed E-state index contributed by atoms with van der Waals surface area (Å²) >= 11 is 0. The summed E-state index contributed by atoms with van der Waals surface area (Å²) in [6, 6.07) is 27.1. The number of anilines is 1. The van der Waals surface area contributed by atoms with E-state index < -0.39 is 0 Å². The predicted octanol–water partition coefficient (Wildman–Crippen LogP) is 4.67. The van der Waals surface area contributed by atoms with Crippen LogP contribution in [0.5, 0.6) is 0 Å². The van der Waals surface area contributed by atoms with Crippen molar-refractivity contribution >= 4 is 28.4 Å². The van der Waals surface area contributed by atoms with Crippen LogP contribution < -0.4 is 10.6 Å². The summed E-state index contributed by atoms with van der Waals surface area (Å²) in [7, 11) is 0. The van der Waals surface area contributed by atoms with Gasteiger partial charge in [-0.2, -0.15) is 0 Å². The van der Waals surface area contributed by atoms with Crippen molar-refractivity contribution in [2.24, 2.45) is 0 Å². The monoisotopic (exact) mass is 397 g/mol. The highest BCUT2D eigenvalue weighted by atomic mass is 16.2. The number of aromatic nitrogens is 1. The zero-order chi connectivity index (χ0) is 20.8. The van der Waals surface area contributed by atoms with Gasteiger partial charge in [0.2, 0.25) is 5.91 Å². The molecule has 5 heteroatoms. The molecule has 0 spiro atoms. The molecule has 0 unspecified atom stereocenters. The van der Waals surface area contributed by atoms with Crippen molar-refractivity contribution < 1.29 is 9.59 Å². The Morgan fingerprint density at radius 1 is 0.800 bits per heavy atom. The summed E-state index contributed by atoms with van der Waals surface area (Å²) < 4.78 is 0. The summed E-state index contributed by atoms with van der Waals surface area (Å²) in [6.45, 7) is 0.470. The van der Waals surface area contributed by atoms with Gasteiger partial charge in [-0.15, -0.1) is 0 Å². The molecule has 0 aliphatic carbocycles. The number of hydrogen-bond acceptors (Lipinski definition) is 2. The predicted molar refractivity (Wildman–Crippen MR) is 119 cm³/mol. The van der Waals surface area contributed by atoms with Crippen molar-refractivity contribution in [2.45, 2.75) is 19.4 Å². The fourth-order valence-corrected chi connectivity index (χ4v) is 3.33. The first-order valence-corrected chi connectivity index (χ1v) is 9.96. The van der Waals surface area contributed by atoms with E-state index in [0.29, 0.717) is 25.1 Å². The van der Waals surface area contributed by atoms with Gasteiger partial charge in [0.05, 0.1) is 0 Å². The third-order valence-electron chi connectivity index (χ3n) is 4.93. The average Bonchev–Trinajstić information content (AvgIpc) is 3.21. The van der Waals surface area contributed by atoms with Crippen LogP contribution in [-0.4, -0.2) is 16.8 Å². The van der Waals surface area contributed by atoms with Gasteiger partial charge in [-0.1, -0.05) is 60.7 Å². The van der Waals surface area contributed by atoms with Crippen molar-refractivity contribution in [2.75, 3.05) is 5.32 Å². The molecule has 150 valence electrons. The van der Waals surface area contributed by atoms with Gasteiger partial charge in [0.1, 0.15) is 5.69 Å². The van der Waals surface area contributed by atoms with Crippen LogP contribution in [0.1, 0.15) is 28.0 Å². The van der Waals surface area contributed by atoms with Gasteiger partial charge in [0.25, 0.3) is 5.91 Å².